The molecule has 2 rings (SSSR count). The van der Waals surface area contributed by atoms with Gasteiger partial charge in [-0.05, 0) is 18.4 Å². The SMILES string of the molecule is CCCC(N)C(=O)NC1CCOC1c1ccccc1.Cl. The van der Waals surface area contributed by atoms with Crippen LogP contribution in [0.3, 0.4) is 0 Å². The number of ether oxygens (including phenoxy) is 1. The molecule has 1 fully saturated rings. The van der Waals surface area contributed by atoms with E-state index in [2.05, 4.69) is 5.32 Å². The summed E-state index contributed by atoms with van der Waals surface area (Å²) in [6.07, 6.45) is 2.41. The van der Waals surface area contributed by atoms with Crippen LogP contribution in [-0.4, -0.2) is 24.6 Å². The van der Waals surface area contributed by atoms with Crippen molar-refractivity contribution in [2.45, 2.75) is 44.4 Å². The molecule has 1 aliphatic heterocycles. The molecule has 1 heterocycles. The lowest BCUT2D eigenvalue weighted by Crippen LogP contribution is -2.46. The molecule has 0 aliphatic carbocycles. The Labute approximate surface area is 126 Å². The third kappa shape index (κ3) is 4.20. The second-order valence-electron chi connectivity index (χ2n) is 5.00. The maximum absolute atomic E-state index is 12.0. The fourth-order valence-corrected chi connectivity index (χ4v) is 2.44. The Bertz CT molecular complexity index is 414. The monoisotopic (exact) mass is 298 g/mol. The summed E-state index contributed by atoms with van der Waals surface area (Å²) in [5.41, 5.74) is 6.94. The molecular formula is C15H23ClN2O2. The molecule has 0 aromatic heterocycles. The molecule has 5 heteroatoms. The summed E-state index contributed by atoms with van der Waals surface area (Å²) in [6.45, 7) is 2.70. The Hall–Kier alpha value is -1.10. The van der Waals surface area contributed by atoms with Gasteiger partial charge in [0.1, 0.15) is 6.10 Å². The second kappa shape index (κ2) is 8.25. The van der Waals surface area contributed by atoms with Gasteiger partial charge in [-0.3, -0.25) is 4.79 Å². The number of amides is 1. The number of halogens is 1. The van der Waals surface area contributed by atoms with Crippen molar-refractivity contribution in [3.8, 4) is 0 Å². The number of rotatable bonds is 5. The van der Waals surface area contributed by atoms with E-state index in [4.69, 9.17) is 10.5 Å². The molecule has 1 saturated heterocycles. The third-order valence-corrected chi connectivity index (χ3v) is 3.48. The summed E-state index contributed by atoms with van der Waals surface area (Å²) in [5.74, 6) is -0.0710. The maximum atomic E-state index is 12.0. The second-order valence-corrected chi connectivity index (χ2v) is 5.00. The molecule has 0 spiro atoms. The highest BCUT2D eigenvalue weighted by Gasteiger charge is 2.31. The molecule has 20 heavy (non-hydrogen) atoms. The summed E-state index contributed by atoms with van der Waals surface area (Å²) in [7, 11) is 0. The lowest BCUT2D eigenvalue weighted by Gasteiger charge is -2.22. The molecule has 1 aliphatic rings. The average Bonchev–Trinajstić information content (AvgIpc) is 2.88. The molecule has 1 amide bonds. The van der Waals surface area contributed by atoms with Crippen LogP contribution < -0.4 is 11.1 Å². The molecule has 3 atom stereocenters. The van der Waals surface area contributed by atoms with Crippen molar-refractivity contribution in [3.63, 3.8) is 0 Å². The molecule has 1 aromatic rings. The van der Waals surface area contributed by atoms with Crippen LogP contribution in [0.4, 0.5) is 0 Å². The lowest BCUT2D eigenvalue weighted by atomic mass is 10.0. The summed E-state index contributed by atoms with van der Waals surface area (Å²) < 4.78 is 5.74. The molecule has 4 nitrogen and oxygen atoms in total. The van der Waals surface area contributed by atoms with Gasteiger partial charge in [-0.15, -0.1) is 12.4 Å². The summed E-state index contributed by atoms with van der Waals surface area (Å²) in [6, 6.07) is 9.61. The number of nitrogens with one attached hydrogen (secondary N) is 1. The van der Waals surface area contributed by atoms with Crippen LogP contribution in [0, 0.1) is 0 Å². The third-order valence-electron chi connectivity index (χ3n) is 3.48. The highest BCUT2D eigenvalue weighted by molar-refractivity contribution is 5.85. The van der Waals surface area contributed by atoms with Crippen LogP contribution in [-0.2, 0) is 9.53 Å². The van der Waals surface area contributed by atoms with E-state index in [0.717, 1.165) is 24.8 Å². The summed E-state index contributed by atoms with van der Waals surface area (Å²) >= 11 is 0. The Kier molecular flexibility index (Phi) is 6.99. The minimum absolute atomic E-state index is 0. The predicted molar refractivity (Wildman–Crippen MR) is 81.8 cm³/mol. The zero-order chi connectivity index (χ0) is 13.7. The Balaban J connectivity index is 0.00000200. The summed E-state index contributed by atoms with van der Waals surface area (Å²) in [4.78, 5) is 12.0. The lowest BCUT2D eigenvalue weighted by molar-refractivity contribution is -0.123. The quantitative estimate of drug-likeness (QED) is 0.876. The number of hydrogen-bond acceptors (Lipinski definition) is 3. The first-order valence-corrected chi connectivity index (χ1v) is 6.95. The Morgan fingerprint density at radius 3 is 2.80 bits per heavy atom. The van der Waals surface area contributed by atoms with Gasteiger partial charge >= 0.3 is 0 Å². The van der Waals surface area contributed by atoms with Crippen LogP contribution in [0.15, 0.2) is 30.3 Å². The van der Waals surface area contributed by atoms with Crippen molar-refractivity contribution in [2.24, 2.45) is 5.73 Å². The van der Waals surface area contributed by atoms with E-state index in [9.17, 15) is 4.79 Å². The molecule has 3 N–H and O–H groups in total. The first-order valence-electron chi connectivity index (χ1n) is 6.95. The number of hydrogen-bond donors (Lipinski definition) is 2. The van der Waals surface area contributed by atoms with Crippen LogP contribution in [0.5, 0.6) is 0 Å². The number of carbonyl (C=O) groups is 1. The molecule has 0 saturated carbocycles. The fraction of sp³-hybridized carbons (Fsp3) is 0.533. The fourth-order valence-electron chi connectivity index (χ4n) is 2.44. The standard InChI is InChI=1S/C15H22N2O2.ClH/c1-2-6-12(16)15(18)17-13-9-10-19-14(13)11-7-4-3-5-8-11;/h3-5,7-8,12-14H,2,6,9-10,16H2,1H3,(H,17,18);1H. The minimum Gasteiger partial charge on any atom is -0.371 e. The smallest absolute Gasteiger partial charge is 0.237 e. The Morgan fingerprint density at radius 2 is 2.15 bits per heavy atom. The van der Waals surface area contributed by atoms with Gasteiger partial charge in [0.2, 0.25) is 5.91 Å². The van der Waals surface area contributed by atoms with Crippen molar-refractivity contribution in [3.05, 3.63) is 35.9 Å². The molecule has 3 unspecified atom stereocenters. The van der Waals surface area contributed by atoms with Crippen molar-refractivity contribution in [1.29, 1.82) is 0 Å². The van der Waals surface area contributed by atoms with Gasteiger partial charge in [0.05, 0.1) is 12.1 Å². The van der Waals surface area contributed by atoms with Gasteiger partial charge < -0.3 is 15.8 Å². The van der Waals surface area contributed by atoms with Crippen molar-refractivity contribution in [1.82, 2.24) is 5.32 Å². The largest absolute Gasteiger partial charge is 0.371 e. The van der Waals surface area contributed by atoms with Gasteiger partial charge in [-0.1, -0.05) is 43.7 Å². The predicted octanol–water partition coefficient (Wildman–Crippen LogP) is 2.18. The van der Waals surface area contributed by atoms with E-state index < -0.39 is 6.04 Å². The summed E-state index contributed by atoms with van der Waals surface area (Å²) in [5, 5.41) is 3.02. The molecular weight excluding hydrogens is 276 g/mol. The van der Waals surface area contributed by atoms with Crippen LogP contribution in [0.25, 0.3) is 0 Å². The van der Waals surface area contributed by atoms with Gasteiger partial charge in [0, 0.05) is 6.61 Å². The number of benzene rings is 1. The highest BCUT2D eigenvalue weighted by atomic mass is 35.5. The van der Waals surface area contributed by atoms with E-state index in [1.807, 2.05) is 37.3 Å². The number of nitrogens with two attached hydrogens (primary N) is 1. The molecule has 0 bridgehead atoms. The maximum Gasteiger partial charge on any atom is 0.237 e. The van der Waals surface area contributed by atoms with Crippen molar-refractivity contribution < 1.29 is 9.53 Å². The highest BCUT2D eigenvalue weighted by Crippen LogP contribution is 2.28. The van der Waals surface area contributed by atoms with Crippen LogP contribution in [0.2, 0.25) is 0 Å². The Morgan fingerprint density at radius 1 is 1.45 bits per heavy atom. The van der Waals surface area contributed by atoms with Gasteiger partial charge in [0.15, 0.2) is 0 Å². The van der Waals surface area contributed by atoms with E-state index in [-0.39, 0.29) is 30.5 Å². The number of carbonyl (C=O) groups excluding carboxylic acids is 1. The molecule has 0 radical (unpaired) electrons. The normalized spacial score (nSPS) is 22.9. The molecule has 1 aromatic carbocycles. The van der Waals surface area contributed by atoms with Crippen molar-refractivity contribution >= 4 is 18.3 Å². The van der Waals surface area contributed by atoms with Crippen molar-refractivity contribution in [2.75, 3.05) is 6.61 Å². The van der Waals surface area contributed by atoms with Gasteiger partial charge in [-0.2, -0.15) is 0 Å². The van der Waals surface area contributed by atoms with Crippen LogP contribution in [0.1, 0.15) is 37.9 Å². The molecule has 112 valence electrons. The first-order chi connectivity index (χ1) is 9.22. The van der Waals surface area contributed by atoms with Crippen LogP contribution >= 0.6 is 12.4 Å². The first kappa shape index (κ1) is 17.0. The van der Waals surface area contributed by atoms with E-state index >= 15 is 0 Å². The zero-order valence-corrected chi connectivity index (χ0v) is 12.6. The minimum atomic E-state index is -0.415. The topological polar surface area (TPSA) is 64.4 Å². The van der Waals surface area contributed by atoms with E-state index in [0.29, 0.717) is 6.61 Å². The van der Waals surface area contributed by atoms with Gasteiger partial charge in [-0.25, -0.2) is 0 Å². The average molecular weight is 299 g/mol. The zero-order valence-electron chi connectivity index (χ0n) is 11.7. The van der Waals surface area contributed by atoms with E-state index in [1.165, 1.54) is 0 Å². The van der Waals surface area contributed by atoms with E-state index in [1.54, 1.807) is 0 Å². The van der Waals surface area contributed by atoms with Gasteiger partial charge in [0.25, 0.3) is 0 Å².